The van der Waals surface area contributed by atoms with E-state index in [4.69, 9.17) is 9.47 Å². The largest absolute Gasteiger partial charge is 0.497 e. The molecule has 1 amide bonds. The van der Waals surface area contributed by atoms with Gasteiger partial charge in [-0.2, -0.15) is 0 Å². The summed E-state index contributed by atoms with van der Waals surface area (Å²) in [5.41, 5.74) is 1.90. The van der Waals surface area contributed by atoms with E-state index in [9.17, 15) is 9.59 Å². The molecule has 5 nitrogen and oxygen atoms in total. The second-order valence-electron chi connectivity index (χ2n) is 5.80. The van der Waals surface area contributed by atoms with Crippen LogP contribution in [0.1, 0.15) is 30.0 Å². The van der Waals surface area contributed by atoms with Crippen LogP contribution in [0.3, 0.4) is 0 Å². The molecular formula is C20H22BrNO4. The molecule has 138 valence electrons. The fraction of sp³-hybridized carbons (Fsp3) is 0.300. The summed E-state index contributed by atoms with van der Waals surface area (Å²) in [5, 5.41) is 2.93. The van der Waals surface area contributed by atoms with Gasteiger partial charge in [-0.25, -0.2) is 0 Å². The molecule has 26 heavy (non-hydrogen) atoms. The van der Waals surface area contributed by atoms with Crippen LogP contribution < -0.4 is 10.1 Å². The van der Waals surface area contributed by atoms with E-state index in [0.29, 0.717) is 18.6 Å². The molecule has 0 heterocycles. The van der Waals surface area contributed by atoms with Crippen molar-refractivity contribution >= 4 is 27.8 Å². The van der Waals surface area contributed by atoms with Crippen molar-refractivity contribution in [1.82, 2.24) is 5.32 Å². The molecule has 0 bridgehead atoms. The van der Waals surface area contributed by atoms with Gasteiger partial charge in [0.2, 0.25) is 5.91 Å². The van der Waals surface area contributed by atoms with E-state index in [-0.39, 0.29) is 18.3 Å². The molecule has 1 unspecified atom stereocenters. The first-order valence-corrected chi connectivity index (χ1v) is 9.05. The lowest BCUT2D eigenvalue weighted by atomic mass is 10.0. The number of ether oxygens (including phenoxy) is 2. The number of hydrogen-bond acceptors (Lipinski definition) is 4. The Morgan fingerprint density at radius 1 is 1.12 bits per heavy atom. The maximum atomic E-state index is 12.4. The van der Waals surface area contributed by atoms with Crippen LogP contribution in [0.4, 0.5) is 0 Å². The summed E-state index contributed by atoms with van der Waals surface area (Å²) in [6, 6.07) is 14.7. The minimum atomic E-state index is -0.441. The SMILES string of the molecule is COC(=O)CC(NC(=O)CCc1cccc(Br)c1)c1ccc(OC)cc1. The molecule has 0 aliphatic carbocycles. The molecular weight excluding hydrogens is 398 g/mol. The maximum Gasteiger partial charge on any atom is 0.307 e. The maximum absolute atomic E-state index is 12.4. The minimum absolute atomic E-state index is 0.0749. The normalized spacial score (nSPS) is 11.5. The van der Waals surface area contributed by atoms with Gasteiger partial charge in [-0.1, -0.05) is 40.2 Å². The third-order valence-electron chi connectivity index (χ3n) is 3.98. The highest BCUT2D eigenvalue weighted by atomic mass is 79.9. The average Bonchev–Trinajstić information content (AvgIpc) is 2.66. The zero-order valence-corrected chi connectivity index (χ0v) is 16.4. The number of halogens is 1. The van der Waals surface area contributed by atoms with Crippen LogP contribution in [0.25, 0.3) is 0 Å². The number of rotatable bonds is 8. The van der Waals surface area contributed by atoms with Crippen LogP contribution in [-0.4, -0.2) is 26.1 Å². The summed E-state index contributed by atoms with van der Waals surface area (Å²) in [7, 11) is 2.92. The Balaban J connectivity index is 2.02. The standard InChI is InChI=1S/C20H22BrNO4/c1-25-17-9-7-15(8-10-17)18(13-20(24)26-2)22-19(23)11-6-14-4-3-5-16(21)12-14/h3-5,7-10,12,18H,6,11,13H2,1-2H3,(H,22,23). The summed E-state index contributed by atoms with van der Waals surface area (Å²) in [5.74, 6) is 0.222. The van der Waals surface area contributed by atoms with Crippen LogP contribution in [0, 0.1) is 0 Å². The van der Waals surface area contributed by atoms with Crippen LogP contribution in [0.2, 0.25) is 0 Å². The van der Waals surface area contributed by atoms with E-state index < -0.39 is 6.04 Å². The van der Waals surface area contributed by atoms with Crippen LogP contribution in [-0.2, 0) is 20.7 Å². The Labute approximate surface area is 161 Å². The summed E-state index contributed by atoms with van der Waals surface area (Å²) < 4.78 is 10.9. The summed E-state index contributed by atoms with van der Waals surface area (Å²) >= 11 is 3.42. The topological polar surface area (TPSA) is 64.6 Å². The highest BCUT2D eigenvalue weighted by Gasteiger charge is 2.19. The van der Waals surface area contributed by atoms with E-state index in [1.54, 1.807) is 19.2 Å². The predicted molar refractivity (Wildman–Crippen MR) is 103 cm³/mol. The van der Waals surface area contributed by atoms with Crippen molar-refractivity contribution in [3.8, 4) is 5.75 Å². The lowest BCUT2D eigenvalue weighted by Gasteiger charge is -2.18. The molecule has 0 aliphatic rings. The smallest absolute Gasteiger partial charge is 0.307 e. The second-order valence-corrected chi connectivity index (χ2v) is 6.72. The van der Waals surface area contributed by atoms with Gasteiger partial charge < -0.3 is 14.8 Å². The Morgan fingerprint density at radius 3 is 2.46 bits per heavy atom. The van der Waals surface area contributed by atoms with Crippen LogP contribution in [0.5, 0.6) is 5.75 Å². The molecule has 2 rings (SSSR count). The van der Waals surface area contributed by atoms with E-state index in [0.717, 1.165) is 15.6 Å². The van der Waals surface area contributed by atoms with Gasteiger partial charge in [-0.05, 0) is 41.8 Å². The Morgan fingerprint density at radius 2 is 1.85 bits per heavy atom. The molecule has 0 radical (unpaired) electrons. The molecule has 2 aromatic carbocycles. The fourth-order valence-corrected chi connectivity index (χ4v) is 3.00. The van der Waals surface area contributed by atoms with Crippen molar-refractivity contribution < 1.29 is 19.1 Å². The average molecular weight is 420 g/mol. The quantitative estimate of drug-likeness (QED) is 0.660. The van der Waals surface area contributed by atoms with E-state index >= 15 is 0 Å². The Bertz CT molecular complexity index is 746. The highest BCUT2D eigenvalue weighted by molar-refractivity contribution is 9.10. The number of amides is 1. The Kier molecular flexibility index (Phi) is 7.66. The fourth-order valence-electron chi connectivity index (χ4n) is 2.56. The van der Waals surface area contributed by atoms with Crippen LogP contribution >= 0.6 is 15.9 Å². The van der Waals surface area contributed by atoms with Gasteiger partial charge in [0.1, 0.15) is 5.75 Å². The number of carbonyl (C=O) groups excluding carboxylic acids is 2. The molecule has 0 saturated carbocycles. The van der Waals surface area contributed by atoms with Crippen molar-refractivity contribution in [2.24, 2.45) is 0 Å². The molecule has 0 fully saturated rings. The molecule has 0 aromatic heterocycles. The number of nitrogens with one attached hydrogen (secondary N) is 1. The molecule has 0 spiro atoms. The molecule has 0 aliphatic heterocycles. The number of aryl methyl sites for hydroxylation is 1. The first-order chi connectivity index (χ1) is 12.5. The molecule has 1 N–H and O–H groups in total. The van der Waals surface area contributed by atoms with Gasteiger partial charge in [0, 0.05) is 10.9 Å². The monoisotopic (exact) mass is 419 g/mol. The van der Waals surface area contributed by atoms with Crippen molar-refractivity contribution in [3.05, 3.63) is 64.1 Å². The molecule has 0 saturated heterocycles. The zero-order valence-electron chi connectivity index (χ0n) is 14.8. The first-order valence-electron chi connectivity index (χ1n) is 8.26. The number of carbonyl (C=O) groups is 2. The van der Waals surface area contributed by atoms with Gasteiger partial charge in [-0.3, -0.25) is 9.59 Å². The van der Waals surface area contributed by atoms with Crippen molar-refractivity contribution in [2.75, 3.05) is 14.2 Å². The highest BCUT2D eigenvalue weighted by Crippen LogP contribution is 2.21. The first kappa shape index (κ1) is 20.0. The van der Waals surface area contributed by atoms with Gasteiger partial charge in [0.05, 0.1) is 26.7 Å². The van der Waals surface area contributed by atoms with Crippen molar-refractivity contribution in [3.63, 3.8) is 0 Å². The van der Waals surface area contributed by atoms with Gasteiger partial charge >= 0.3 is 5.97 Å². The third-order valence-corrected chi connectivity index (χ3v) is 4.47. The van der Waals surface area contributed by atoms with Crippen molar-refractivity contribution in [1.29, 1.82) is 0 Å². The van der Waals surface area contributed by atoms with Gasteiger partial charge in [0.25, 0.3) is 0 Å². The summed E-state index contributed by atoms with van der Waals surface area (Å²) in [6.07, 6.45) is 1.04. The van der Waals surface area contributed by atoms with Crippen molar-refractivity contribution in [2.45, 2.75) is 25.3 Å². The van der Waals surface area contributed by atoms with Gasteiger partial charge in [-0.15, -0.1) is 0 Å². The Hall–Kier alpha value is -2.34. The zero-order chi connectivity index (χ0) is 18.9. The molecule has 1 atom stereocenters. The van der Waals surface area contributed by atoms with E-state index in [2.05, 4.69) is 21.2 Å². The number of esters is 1. The van der Waals surface area contributed by atoms with E-state index in [1.165, 1.54) is 7.11 Å². The van der Waals surface area contributed by atoms with Crippen LogP contribution in [0.15, 0.2) is 53.0 Å². The molecule has 2 aromatic rings. The predicted octanol–water partition coefficient (Wildman–Crippen LogP) is 3.81. The third kappa shape index (κ3) is 6.19. The lowest BCUT2D eigenvalue weighted by Crippen LogP contribution is -2.30. The number of hydrogen-bond donors (Lipinski definition) is 1. The second kappa shape index (κ2) is 9.97. The summed E-state index contributed by atoms with van der Waals surface area (Å²) in [4.78, 5) is 24.1. The van der Waals surface area contributed by atoms with E-state index in [1.807, 2.05) is 36.4 Å². The minimum Gasteiger partial charge on any atom is -0.497 e. The van der Waals surface area contributed by atoms with Gasteiger partial charge in [0.15, 0.2) is 0 Å². The number of benzene rings is 2. The summed E-state index contributed by atoms with van der Waals surface area (Å²) in [6.45, 7) is 0. The number of methoxy groups -OCH3 is 2. The lowest BCUT2D eigenvalue weighted by molar-refractivity contribution is -0.141. The molecule has 6 heteroatoms.